The first-order valence-corrected chi connectivity index (χ1v) is 12.5. The minimum absolute atomic E-state index is 0.186. The van der Waals surface area contributed by atoms with Crippen molar-refractivity contribution in [3.05, 3.63) is 133 Å². The van der Waals surface area contributed by atoms with Crippen molar-refractivity contribution in [1.82, 2.24) is 4.98 Å². The van der Waals surface area contributed by atoms with Crippen LogP contribution in [0.1, 0.15) is 16.1 Å². The molecule has 3 aromatic carbocycles. The summed E-state index contributed by atoms with van der Waals surface area (Å²) in [4.78, 5) is 16.8. The highest BCUT2D eigenvalue weighted by Crippen LogP contribution is 2.57. The van der Waals surface area contributed by atoms with Crippen LogP contribution in [0.15, 0.2) is 122 Å². The number of benzene rings is 3. The zero-order valence-electron chi connectivity index (χ0n) is 17.8. The van der Waals surface area contributed by atoms with Gasteiger partial charge in [0.05, 0.1) is 11.3 Å². The van der Waals surface area contributed by atoms with Crippen molar-refractivity contribution in [3.8, 4) is 0 Å². The molecule has 0 spiro atoms. The fourth-order valence-electron chi connectivity index (χ4n) is 3.87. The molecule has 1 heterocycles. The van der Waals surface area contributed by atoms with E-state index in [1.807, 2.05) is 6.07 Å². The Morgan fingerprint density at radius 1 is 0.781 bits per heavy atom. The predicted octanol–water partition coefficient (Wildman–Crippen LogP) is 4.92. The van der Waals surface area contributed by atoms with Crippen molar-refractivity contribution < 1.29 is 9.53 Å². The lowest BCUT2D eigenvalue weighted by molar-refractivity contribution is 0.0549. The minimum Gasteiger partial charge on any atom is -0.458 e. The lowest BCUT2D eigenvalue weighted by Gasteiger charge is -2.27. The van der Waals surface area contributed by atoms with Crippen LogP contribution >= 0.6 is 7.26 Å². The van der Waals surface area contributed by atoms with Gasteiger partial charge in [-0.15, -0.1) is 0 Å². The molecule has 0 unspecified atom stereocenters. The van der Waals surface area contributed by atoms with E-state index in [0.29, 0.717) is 5.56 Å². The van der Waals surface area contributed by atoms with Crippen LogP contribution < -0.4 is 15.9 Å². The molecule has 1 aromatic heterocycles. The molecule has 0 aliphatic rings. The van der Waals surface area contributed by atoms with E-state index in [1.54, 1.807) is 18.3 Å². The van der Waals surface area contributed by atoms with Gasteiger partial charge in [0.25, 0.3) is 0 Å². The number of ether oxygens (including phenoxy) is 1. The van der Waals surface area contributed by atoms with Crippen LogP contribution in [0.3, 0.4) is 0 Å². The second-order valence-electron chi connectivity index (χ2n) is 7.40. The van der Waals surface area contributed by atoms with Crippen LogP contribution in [0.2, 0.25) is 0 Å². The van der Waals surface area contributed by atoms with Gasteiger partial charge >= 0.3 is 5.97 Å². The first-order chi connectivity index (χ1) is 15.7. The maximum absolute atomic E-state index is 12.2. The van der Waals surface area contributed by atoms with Crippen molar-refractivity contribution in [1.29, 1.82) is 0 Å². The van der Waals surface area contributed by atoms with Gasteiger partial charge in [0.15, 0.2) is 0 Å². The molecule has 0 aliphatic carbocycles. The van der Waals surface area contributed by atoms with E-state index in [-0.39, 0.29) is 12.6 Å². The normalized spacial score (nSPS) is 11.0. The molecule has 0 fully saturated rings. The van der Waals surface area contributed by atoms with Crippen LogP contribution in [-0.2, 0) is 10.9 Å². The van der Waals surface area contributed by atoms with E-state index >= 15 is 0 Å². The third kappa shape index (κ3) is 4.54. The van der Waals surface area contributed by atoms with Gasteiger partial charge in [-0.2, -0.15) is 0 Å². The molecule has 0 saturated carbocycles. The van der Waals surface area contributed by atoms with Gasteiger partial charge in [0, 0.05) is 6.20 Å². The number of carbonyl (C=O) groups is 1. The molecule has 4 rings (SSSR count). The Bertz CT molecular complexity index is 1060. The molecule has 4 aromatic rings. The minimum atomic E-state index is -2.02. The van der Waals surface area contributed by atoms with Crippen LogP contribution in [0.25, 0.3) is 0 Å². The topological polar surface area (TPSA) is 39.2 Å². The smallest absolute Gasteiger partial charge is 0.340 e. The fourth-order valence-corrected chi connectivity index (χ4v) is 8.03. The van der Waals surface area contributed by atoms with Crippen molar-refractivity contribution >= 4 is 29.1 Å². The summed E-state index contributed by atoms with van der Waals surface area (Å²) in [6, 6.07) is 35.8. The average molecular weight is 438 g/mol. The summed E-state index contributed by atoms with van der Waals surface area (Å²) in [5, 5.41) is 3.90. The number of pyridine rings is 1. The summed E-state index contributed by atoms with van der Waals surface area (Å²) in [6.45, 7) is 3.76. The van der Waals surface area contributed by atoms with Crippen LogP contribution in [0.5, 0.6) is 0 Å². The summed E-state index contributed by atoms with van der Waals surface area (Å²) in [5.41, 5.74) is 1.38. The van der Waals surface area contributed by atoms with Crippen LogP contribution in [0, 0.1) is 0 Å². The van der Waals surface area contributed by atoms with E-state index < -0.39 is 7.26 Å². The Morgan fingerprint density at radius 2 is 1.28 bits per heavy atom. The average Bonchev–Trinajstić information content (AvgIpc) is 2.88. The van der Waals surface area contributed by atoms with Crippen LogP contribution in [-0.4, -0.2) is 17.6 Å². The van der Waals surface area contributed by atoms with Crippen LogP contribution in [0.4, 0.5) is 0 Å². The van der Waals surface area contributed by atoms with Crippen molar-refractivity contribution in [3.63, 3.8) is 0 Å². The second kappa shape index (κ2) is 10.2. The molecule has 0 bridgehead atoms. The number of hydrogen-bond acceptors (Lipinski definition) is 3. The fraction of sp³-hybridized carbons (Fsp3) is 0.0714. The largest absolute Gasteiger partial charge is 0.458 e. The lowest BCUT2D eigenvalue weighted by Crippen LogP contribution is -2.32. The highest BCUT2D eigenvalue weighted by Gasteiger charge is 2.45. The second-order valence-corrected chi connectivity index (χ2v) is 10.9. The van der Waals surface area contributed by atoms with E-state index in [0.717, 1.165) is 11.9 Å². The number of carbonyl (C=O) groups excluding carboxylic acids is 1. The maximum atomic E-state index is 12.2. The van der Waals surface area contributed by atoms with E-state index in [2.05, 4.69) is 103 Å². The summed E-state index contributed by atoms with van der Waals surface area (Å²) < 4.78 is 5.14. The van der Waals surface area contributed by atoms with Gasteiger partial charge in [-0.1, -0.05) is 67.3 Å². The highest BCUT2D eigenvalue weighted by molar-refractivity contribution is 7.95. The van der Waals surface area contributed by atoms with Gasteiger partial charge in [-0.05, 0) is 48.5 Å². The van der Waals surface area contributed by atoms with Crippen molar-refractivity contribution in [2.45, 2.75) is 6.16 Å². The Morgan fingerprint density at radius 3 is 1.69 bits per heavy atom. The SMILES string of the molecule is C=CCOC(=O)c1ccc(C[P+](c2ccccc2)(c2ccccc2)c2ccccc2)nc1. The van der Waals surface area contributed by atoms with Crippen molar-refractivity contribution in [2.75, 3.05) is 6.61 Å². The summed E-state index contributed by atoms with van der Waals surface area (Å²) in [6.07, 6.45) is 3.92. The van der Waals surface area contributed by atoms with E-state index in [4.69, 9.17) is 4.74 Å². The van der Waals surface area contributed by atoms with Gasteiger partial charge < -0.3 is 4.74 Å². The molecule has 4 heteroatoms. The van der Waals surface area contributed by atoms with Gasteiger partial charge in [0.2, 0.25) is 0 Å². The molecular formula is C28H25NO2P+. The third-order valence-corrected chi connectivity index (χ3v) is 9.72. The molecule has 158 valence electrons. The summed E-state index contributed by atoms with van der Waals surface area (Å²) >= 11 is 0. The first kappa shape index (κ1) is 21.7. The zero-order chi connectivity index (χ0) is 22.2. The zero-order valence-corrected chi connectivity index (χ0v) is 18.7. The number of aromatic nitrogens is 1. The third-order valence-electron chi connectivity index (χ3n) is 5.38. The molecule has 3 nitrogen and oxygen atoms in total. The van der Waals surface area contributed by atoms with E-state index in [9.17, 15) is 4.79 Å². The standard InChI is InChI=1S/C28H25NO2P/c1-2-20-31-28(30)23-18-19-24(29-21-23)22-32(25-12-6-3-7-13-25,26-14-8-4-9-15-26)27-16-10-5-11-17-27/h2-19,21H,1,20,22H2/q+1. The Kier molecular flexibility index (Phi) is 6.89. The molecular weight excluding hydrogens is 413 g/mol. The molecule has 0 saturated heterocycles. The Hall–Kier alpha value is -3.55. The van der Waals surface area contributed by atoms with E-state index in [1.165, 1.54) is 15.9 Å². The predicted molar refractivity (Wildman–Crippen MR) is 134 cm³/mol. The Labute approximate surface area is 189 Å². The van der Waals surface area contributed by atoms with Gasteiger partial charge in [0.1, 0.15) is 35.9 Å². The summed E-state index contributed by atoms with van der Waals surface area (Å²) in [5.74, 6) is -0.390. The molecule has 0 aliphatic heterocycles. The molecule has 0 N–H and O–H groups in total. The summed E-state index contributed by atoms with van der Waals surface area (Å²) in [7, 11) is -2.02. The monoisotopic (exact) mass is 438 g/mol. The maximum Gasteiger partial charge on any atom is 0.340 e. The van der Waals surface area contributed by atoms with Crippen molar-refractivity contribution in [2.24, 2.45) is 0 Å². The lowest BCUT2D eigenvalue weighted by atomic mass is 10.2. The number of nitrogens with zero attached hydrogens (tertiary/aromatic N) is 1. The molecule has 0 radical (unpaired) electrons. The van der Waals surface area contributed by atoms with Gasteiger partial charge in [-0.3, -0.25) is 4.98 Å². The Balaban J connectivity index is 1.82. The molecule has 0 amide bonds. The first-order valence-electron chi connectivity index (χ1n) is 10.5. The number of esters is 1. The molecule has 0 atom stereocenters. The number of rotatable bonds is 8. The highest BCUT2D eigenvalue weighted by atomic mass is 31.2. The molecule has 32 heavy (non-hydrogen) atoms. The quantitative estimate of drug-likeness (QED) is 0.223. The number of hydrogen-bond donors (Lipinski definition) is 0. The van der Waals surface area contributed by atoms with Gasteiger partial charge in [-0.25, -0.2) is 4.79 Å².